The minimum atomic E-state index is -0.224. The maximum Gasteiger partial charge on any atom is 0.254 e. The summed E-state index contributed by atoms with van der Waals surface area (Å²) in [6.45, 7) is 5.32. The Morgan fingerprint density at radius 2 is 1.91 bits per heavy atom. The van der Waals surface area contributed by atoms with Gasteiger partial charge in [0.25, 0.3) is 5.91 Å². The van der Waals surface area contributed by atoms with E-state index in [1.54, 1.807) is 18.2 Å². The summed E-state index contributed by atoms with van der Waals surface area (Å²) < 4.78 is 1.98. The van der Waals surface area contributed by atoms with Crippen molar-refractivity contribution in [2.24, 2.45) is 0 Å². The van der Waals surface area contributed by atoms with Crippen LogP contribution in [-0.4, -0.2) is 43.8 Å². The molecular weight excluding hydrogens is 493 g/mol. The standard InChI is InChI=1S/C24H25Cl2N5O2S/c1-3-30-22(19-8-5-13-31(19)23(33)16-11-9-15(2)10-12-16)28-29-24(30)34-14-20(32)27-18-7-4-6-17(25)21(18)26/h4,6-7,9-12,19H,3,5,8,13-14H2,1-2H3,(H,27,32). The number of anilines is 1. The van der Waals surface area contributed by atoms with E-state index in [2.05, 4.69) is 15.5 Å². The summed E-state index contributed by atoms with van der Waals surface area (Å²) in [4.78, 5) is 27.5. The molecule has 178 valence electrons. The summed E-state index contributed by atoms with van der Waals surface area (Å²) in [6.07, 6.45) is 1.73. The molecule has 1 atom stereocenters. The number of rotatable bonds is 7. The molecule has 1 aromatic heterocycles. The van der Waals surface area contributed by atoms with Crippen LogP contribution in [0.25, 0.3) is 0 Å². The molecule has 1 aliphatic rings. The zero-order chi connectivity index (χ0) is 24.2. The van der Waals surface area contributed by atoms with Crippen molar-refractivity contribution in [3.8, 4) is 0 Å². The average Bonchev–Trinajstić information content (AvgIpc) is 3.47. The number of likely N-dealkylation sites (tertiary alicyclic amines) is 1. The van der Waals surface area contributed by atoms with Crippen LogP contribution in [0.1, 0.15) is 47.6 Å². The van der Waals surface area contributed by atoms with Crippen LogP contribution < -0.4 is 5.32 Å². The van der Waals surface area contributed by atoms with Gasteiger partial charge in [-0.2, -0.15) is 0 Å². The van der Waals surface area contributed by atoms with Crippen molar-refractivity contribution in [1.82, 2.24) is 19.7 Å². The Labute approximate surface area is 212 Å². The minimum Gasteiger partial charge on any atom is -0.328 e. The molecule has 7 nitrogen and oxygen atoms in total. The van der Waals surface area contributed by atoms with Crippen molar-refractivity contribution < 1.29 is 9.59 Å². The van der Waals surface area contributed by atoms with Gasteiger partial charge in [-0.1, -0.05) is 58.7 Å². The van der Waals surface area contributed by atoms with Crippen molar-refractivity contribution >= 4 is 52.5 Å². The van der Waals surface area contributed by atoms with E-state index in [1.807, 2.05) is 47.6 Å². The Balaban J connectivity index is 1.46. The molecule has 34 heavy (non-hydrogen) atoms. The quantitative estimate of drug-likeness (QED) is 0.411. The van der Waals surface area contributed by atoms with Crippen molar-refractivity contribution in [2.45, 2.75) is 44.4 Å². The van der Waals surface area contributed by atoms with Crippen LogP contribution in [0.4, 0.5) is 5.69 Å². The fourth-order valence-corrected chi connectivity index (χ4v) is 5.16. The number of thioether (sulfide) groups is 1. The maximum absolute atomic E-state index is 13.2. The molecule has 1 aliphatic heterocycles. The number of amides is 2. The first kappa shape index (κ1) is 24.6. The number of carbonyl (C=O) groups excluding carboxylic acids is 2. The molecular formula is C24H25Cl2N5O2S. The Morgan fingerprint density at radius 3 is 2.65 bits per heavy atom. The normalized spacial score (nSPS) is 15.5. The number of hydrogen-bond acceptors (Lipinski definition) is 5. The molecule has 0 saturated carbocycles. The van der Waals surface area contributed by atoms with Gasteiger partial charge in [0, 0.05) is 18.7 Å². The summed E-state index contributed by atoms with van der Waals surface area (Å²) in [7, 11) is 0. The molecule has 2 amide bonds. The first-order valence-electron chi connectivity index (χ1n) is 11.1. The lowest BCUT2D eigenvalue weighted by atomic mass is 10.1. The summed E-state index contributed by atoms with van der Waals surface area (Å²) in [6, 6.07) is 12.6. The maximum atomic E-state index is 13.2. The van der Waals surface area contributed by atoms with E-state index in [0.29, 0.717) is 39.5 Å². The monoisotopic (exact) mass is 517 g/mol. The second-order valence-corrected chi connectivity index (χ2v) is 9.77. The summed E-state index contributed by atoms with van der Waals surface area (Å²) in [5.41, 5.74) is 2.25. The van der Waals surface area contributed by atoms with Crippen LogP contribution in [0, 0.1) is 6.92 Å². The number of carbonyl (C=O) groups is 2. The fraction of sp³-hybridized carbons (Fsp3) is 0.333. The predicted octanol–water partition coefficient (Wildman–Crippen LogP) is 5.62. The van der Waals surface area contributed by atoms with E-state index in [-0.39, 0.29) is 23.6 Å². The Kier molecular flexibility index (Phi) is 7.80. The average molecular weight is 518 g/mol. The lowest BCUT2D eigenvalue weighted by Crippen LogP contribution is -2.32. The Hall–Kier alpha value is -2.55. The lowest BCUT2D eigenvalue weighted by Gasteiger charge is -2.24. The van der Waals surface area contributed by atoms with Gasteiger partial charge in [0.1, 0.15) is 0 Å². The largest absolute Gasteiger partial charge is 0.328 e. The highest BCUT2D eigenvalue weighted by atomic mass is 35.5. The molecule has 0 aliphatic carbocycles. The molecule has 3 aromatic rings. The van der Waals surface area contributed by atoms with Crippen LogP contribution >= 0.6 is 35.0 Å². The number of nitrogens with zero attached hydrogens (tertiary/aromatic N) is 4. The highest BCUT2D eigenvalue weighted by Crippen LogP contribution is 2.34. The molecule has 1 N–H and O–H groups in total. The zero-order valence-corrected chi connectivity index (χ0v) is 21.3. The number of halogens is 2. The van der Waals surface area contributed by atoms with Gasteiger partial charge < -0.3 is 14.8 Å². The topological polar surface area (TPSA) is 80.1 Å². The van der Waals surface area contributed by atoms with Crippen molar-refractivity contribution in [1.29, 1.82) is 0 Å². The third-order valence-electron chi connectivity index (χ3n) is 5.73. The molecule has 1 unspecified atom stereocenters. The molecule has 0 bridgehead atoms. The molecule has 1 saturated heterocycles. The number of aryl methyl sites for hydroxylation is 1. The van der Waals surface area contributed by atoms with Crippen LogP contribution in [0.15, 0.2) is 47.6 Å². The van der Waals surface area contributed by atoms with Gasteiger partial charge in [0.15, 0.2) is 11.0 Å². The smallest absolute Gasteiger partial charge is 0.254 e. The summed E-state index contributed by atoms with van der Waals surface area (Å²) in [5.74, 6) is 0.664. The number of hydrogen-bond donors (Lipinski definition) is 1. The van der Waals surface area contributed by atoms with E-state index in [4.69, 9.17) is 23.2 Å². The third-order valence-corrected chi connectivity index (χ3v) is 7.52. The Bertz CT molecular complexity index is 1200. The SMILES string of the molecule is CCn1c(SCC(=O)Nc2cccc(Cl)c2Cl)nnc1C1CCCN1C(=O)c1ccc(C)cc1. The molecule has 0 radical (unpaired) electrons. The minimum absolute atomic E-state index is 0.000125. The summed E-state index contributed by atoms with van der Waals surface area (Å²) in [5, 5.41) is 12.9. The van der Waals surface area contributed by atoms with E-state index in [1.165, 1.54) is 11.8 Å². The molecule has 2 heterocycles. The van der Waals surface area contributed by atoms with Gasteiger partial charge in [0.05, 0.1) is 27.5 Å². The number of nitrogens with one attached hydrogen (secondary N) is 1. The van der Waals surface area contributed by atoms with Crippen molar-refractivity contribution in [3.05, 3.63) is 69.5 Å². The van der Waals surface area contributed by atoms with E-state index in [9.17, 15) is 9.59 Å². The van der Waals surface area contributed by atoms with Gasteiger partial charge in [-0.25, -0.2) is 0 Å². The number of aromatic nitrogens is 3. The van der Waals surface area contributed by atoms with Crippen LogP contribution in [0.5, 0.6) is 0 Å². The highest BCUT2D eigenvalue weighted by Gasteiger charge is 2.34. The fourth-order valence-electron chi connectivity index (χ4n) is 4.01. The van der Waals surface area contributed by atoms with E-state index < -0.39 is 0 Å². The van der Waals surface area contributed by atoms with Gasteiger partial charge in [-0.05, 0) is 51.0 Å². The van der Waals surface area contributed by atoms with Crippen LogP contribution in [-0.2, 0) is 11.3 Å². The molecule has 1 fully saturated rings. The first-order chi connectivity index (χ1) is 16.4. The van der Waals surface area contributed by atoms with E-state index in [0.717, 1.165) is 24.2 Å². The van der Waals surface area contributed by atoms with E-state index >= 15 is 0 Å². The second-order valence-electron chi connectivity index (χ2n) is 8.05. The molecule has 2 aromatic carbocycles. The molecule has 0 spiro atoms. The third kappa shape index (κ3) is 5.24. The van der Waals surface area contributed by atoms with Gasteiger partial charge >= 0.3 is 0 Å². The molecule has 10 heteroatoms. The van der Waals surface area contributed by atoms with Gasteiger partial charge in [-0.3, -0.25) is 9.59 Å². The van der Waals surface area contributed by atoms with Gasteiger partial charge in [-0.15, -0.1) is 10.2 Å². The highest BCUT2D eigenvalue weighted by molar-refractivity contribution is 7.99. The van der Waals surface area contributed by atoms with Gasteiger partial charge in [0.2, 0.25) is 5.91 Å². The second kappa shape index (κ2) is 10.8. The Morgan fingerprint density at radius 1 is 1.15 bits per heavy atom. The van der Waals surface area contributed by atoms with Crippen molar-refractivity contribution in [3.63, 3.8) is 0 Å². The summed E-state index contributed by atoms with van der Waals surface area (Å²) >= 11 is 13.5. The number of benzene rings is 2. The predicted molar refractivity (Wildman–Crippen MR) is 136 cm³/mol. The zero-order valence-electron chi connectivity index (χ0n) is 18.9. The van der Waals surface area contributed by atoms with Crippen LogP contribution in [0.2, 0.25) is 10.0 Å². The first-order valence-corrected chi connectivity index (χ1v) is 12.8. The van der Waals surface area contributed by atoms with Crippen LogP contribution in [0.3, 0.4) is 0 Å². The van der Waals surface area contributed by atoms with Crippen molar-refractivity contribution in [2.75, 3.05) is 17.6 Å². The lowest BCUT2D eigenvalue weighted by molar-refractivity contribution is -0.113. The molecule has 4 rings (SSSR count).